The van der Waals surface area contributed by atoms with Crippen LogP contribution in [-0.2, 0) is 10.0 Å². The summed E-state index contributed by atoms with van der Waals surface area (Å²) in [5, 5.41) is 5.83. The normalized spacial score (nSPS) is 14.5. The second-order valence-electron chi connectivity index (χ2n) is 7.06. The number of carbonyl (C=O) groups is 2. The Morgan fingerprint density at radius 1 is 0.968 bits per heavy atom. The number of carbonyl (C=O) groups excluding carboxylic acids is 2. The lowest BCUT2D eigenvalue weighted by atomic mass is 10.1. The first-order chi connectivity index (χ1) is 14.9. The van der Waals surface area contributed by atoms with Crippen molar-refractivity contribution < 1.29 is 18.0 Å². The number of nitrogens with one attached hydrogen (secondary N) is 1. The molecule has 0 spiro atoms. The van der Waals surface area contributed by atoms with Crippen LogP contribution in [0.5, 0.6) is 0 Å². The van der Waals surface area contributed by atoms with Crippen molar-refractivity contribution in [3.05, 3.63) is 77.4 Å². The summed E-state index contributed by atoms with van der Waals surface area (Å²) in [6.07, 6.45) is 0. The number of hydrazone groups is 1. The van der Waals surface area contributed by atoms with Gasteiger partial charge in [-0.05, 0) is 23.6 Å². The number of rotatable bonds is 6. The minimum absolute atomic E-state index is 0.0330. The van der Waals surface area contributed by atoms with E-state index in [9.17, 15) is 18.0 Å². The molecule has 158 valence electrons. The summed E-state index contributed by atoms with van der Waals surface area (Å²) in [6.45, 7) is 4.17. The molecule has 0 atom stereocenters. The molecule has 0 saturated heterocycles. The molecule has 3 aromatic rings. The Morgan fingerprint density at radius 2 is 1.61 bits per heavy atom. The van der Waals surface area contributed by atoms with E-state index in [0.717, 1.165) is 10.8 Å². The van der Waals surface area contributed by atoms with E-state index in [-0.39, 0.29) is 22.0 Å². The highest BCUT2D eigenvalue weighted by atomic mass is 32.2. The zero-order chi connectivity index (χ0) is 22.2. The molecule has 3 aromatic carbocycles. The van der Waals surface area contributed by atoms with Crippen molar-refractivity contribution in [1.82, 2.24) is 9.73 Å². The molecule has 0 aromatic heterocycles. The van der Waals surface area contributed by atoms with Gasteiger partial charge in [-0.25, -0.2) is 13.8 Å². The van der Waals surface area contributed by atoms with Gasteiger partial charge in [0.1, 0.15) is 5.71 Å². The number of Topliss-reactive ketones (excluding diaryl/α,β-unsaturated/α-hetero) is 1. The fourth-order valence-electron chi connectivity index (χ4n) is 3.77. The van der Waals surface area contributed by atoms with Crippen LogP contribution >= 0.6 is 0 Å². The lowest BCUT2D eigenvalue weighted by Crippen LogP contribution is -2.31. The number of sulfonamides is 1. The van der Waals surface area contributed by atoms with Crippen LogP contribution in [0, 0.1) is 0 Å². The summed E-state index contributed by atoms with van der Waals surface area (Å²) in [4.78, 5) is 25.5. The lowest BCUT2D eigenvalue weighted by molar-refractivity contribution is 0.0954. The monoisotopic (exact) mass is 435 g/mol. The maximum Gasteiger partial charge on any atom is 0.271 e. The fraction of sp³-hybridized carbons (Fsp3) is 0.174. The van der Waals surface area contributed by atoms with Gasteiger partial charge in [-0.15, -0.1) is 0 Å². The summed E-state index contributed by atoms with van der Waals surface area (Å²) >= 11 is 0. The SMILES string of the molecule is CCN(CC)S(=O)(=O)c1cccc(C(=O)N/N=C2\C(=O)c3cccc4cccc2c34)c1. The van der Waals surface area contributed by atoms with E-state index in [0.29, 0.717) is 24.2 Å². The van der Waals surface area contributed by atoms with Crippen LogP contribution in [0.2, 0.25) is 0 Å². The van der Waals surface area contributed by atoms with Crippen LogP contribution in [-0.4, -0.2) is 43.2 Å². The Hall–Kier alpha value is -3.36. The third kappa shape index (κ3) is 3.54. The van der Waals surface area contributed by atoms with Crippen molar-refractivity contribution in [2.45, 2.75) is 18.7 Å². The van der Waals surface area contributed by atoms with E-state index >= 15 is 0 Å². The van der Waals surface area contributed by atoms with Gasteiger partial charge in [0.05, 0.1) is 4.90 Å². The molecule has 0 fully saturated rings. The summed E-state index contributed by atoms with van der Waals surface area (Å²) < 4.78 is 26.8. The smallest absolute Gasteiger partial charge is 0.271 e. The van der Waals surface area contributed by atoms with E-state index < -0.39 is 15.9 Å². The summed E-state index contributed by atoms with van der Waals surface area (Å²) in [5.41, 5.74) is 3.91. The van der Waals surface area contributed by atoms with Gasteiger partial charge in [0.25, 0.3) is 5.91 Å². The Balaban J connectivity index is 1.63. The Labute approximate surface area is 180 Å². The van der Waals surface area contributed by atoms with Crippen molar-refractivity contribution in [2.75, 3.05) is 13.1 Å². The second kappa shape index (κ2) is 8.05. The van der Waals surface area contributed by atoms with Gasteiger partial charge in [0, 0.05) is 35.2 Å². The number of ketones is 1. The Bertz CT molecular complexity index is 1340. The molecule has 0 unspecified atom stereocenters. The van der Waals surface area contributed by atoms with Crippen LogP contribution in [0.1, 0.15) is 40.1 Å². The summed E-state index contributed by atoms with van der Waals surface area (Å²) in [5.74, 6) is -0.856. The van der Waals surface area contributed by atoms with Gasteiger partial charge >= 0.3 is 0 Å². The average Bonchev–Trinajstić information content (AvgIpc) is 3.06. The molecule has 1 aliphatic carbocycles. The first-order valence-electron chi connectivity index (χ1n) is 9.93. The molecule has 1 N–H and O–H groups in total. The second-order valence-corrected chi connectivity index (χ2v) is 8.99. The first kappa shape index (κ1) is 20.9. The number of amides is 1. The molecular weight excluding hydrogens is 414 g/mol. The van der Waals surface area contributed by atoms with Crippen LogP contribution in [0.25, 0.3) is 10.8 Å². The molecule has 7 nitrogen and oxygen atoms in total. The molecule has 4 rings (SSSR count). The van der Waals surface area contributed by atoms with Crippen molar-refractivity contribution in [3.63, 3.8) is 0 Å². The van der Waals surface area contributed by atoms with Gasteiger partial charge in [0.15, 0.2) is 0 Å². The van der Waals surface area contributed by atoms with Gasteiger partial charge in [-0.1, -0.05) is 56.3 Å². The third-order valence-corrected chi connectivity index (χ3v) is 7.37. The van der Waals surface area contributed by atoms with Crippen molar-refractivity contribution in [3.8, 4) is 0 Å². The molecule has 1 aliphatic rings. The van der Waals surface area contributed by atoms with Gasteiger partial charge < -0.3 is 0 Å². The van der Waals surface area contributed by atoms with Crippen LogP contribution in [0.15, 0.2) is 70.7 Å². The highest BCUT2D eigenvalue weighted by molar-refractivity contribution is 7.89. The van der Waals surface area contributed by atoms with Gasteiger partial charge in [-0.3, -0.25) is 9.59 Å². The Morgan fingerprint density at radius 3 is 2.29 bits per heavy atom. The predicted molar refractivity (Wildman–Crippen MR) is 119 cm³/mol. The van der Waals surface area contributed by atoms with E-state index in [1.165, 1.54) is 28.6 Å². The van der Waals surface area contributed by atoms with E-state index in [1.54, 1.807) is 26.0 Å². The largest absolute Gasteiger partial charge is 0.287 e. The topological polar surface area (TPSA) is 95.9 Å². The molecule has 0 aliphatic heterocycles. The number of hydrogen-bond acceptors (Lipinski definition) is 5. The standard InChI is InChI=1S/C23H21N3O4S/c1-3-26(4-2)31(29,30)17-11-5-10-16(14-17)23(28)25-24-21-18-12-6-8-15-9-7-13-19(20(15)18)22(21)27/h5-14H,3-4H2,1-2H3,(H,25,28)/b24-21-. The zero-order valence-corrected chi connectivity index (χ0v) is 17.9. The number of benzene rings is 3. The first-order valence-corrected chi connectivity index (χ1v) is 11.4. The molecule has 8 heteroatoms. The summed E-state index contributed by atoms with van der Waals surface area (Å²) in [6, 6.07) is 16.8. The number of hydrogen-bond donors (Lipinski definition) is 1. The van der Waals surface area contributed by atoms with Crippen molar-refractivity contribution in [2.24, 2.45) is 5.10 Å². The van der Waals surface area contributed by atoms with Crippen molar-refractivity contribution >= 4 is 38.2 Å². The van der Waals surface area contributed by atoms with Crippen LogP contribution in [0.3, 0.4) is 0 Å². The predicted octanol–water partition coefficient (Wildman–Crippen LogP) is 3.20. The number of nitrogens with zero attached hydrogens (tertiary/aromatic N) is 2. The van der Waals surface area contributed by atoms with Gasteiger partial charge in [-0.2, -0.15) is 9.41 Å². The summed E-state index contributed by atoms with van der Waals surface area (Å²) in [7, 11) is -3.70. The molecule has 0 bridgehead atoms. The van der Waals surface area contributed by atoms with E-state index in [1.807, 2.05) is 24.3 Å². The minimum atomic E-state index is -3.70. The highest BCUT2D eigenvalue weighted by Gasteiger charge is 2.29. The molecule has 31 heavy (non-hydrogen) atoms. The lowest BCUT2D eigenvalue weighted by Gasteiger charge is -2.18. The Kier molecular flexibility index (Phi) is 5.43. The average molecular weight is 436 g/mol. The minimum Gasteiger partial charge on any atom is -0.287 e. The van der Waals surface area contributed by atoms with Crippen LogP contribution in [0.4, 0.5) is 0 Å². The van der Waals surface area contributed by atoms with Gasteiger partial charge in [0.2, 0.25) is 15.8 Å². The maximum atomic E-state index is 12.8. The van der Waals surface area contributed by atoms with E-state index in [4.69, 9.17) is 0 Å². The molecule has 1 amide bonds. The van der Waals surface area contributed by atoms with E-state index in [2.05, 4.69) is 10.5 Å². The molecule has 0 saturated carbocycles. The zero-order valence-electron chi connectivity index (χ0n) is 17.1. The van der Waals surface area contributed by atoms with Crippen molar-refractivity contribution in [1.29, 1.82) is 0 Å². The quantitative estimate of drug-likeness (QED) is 0.602. The fourth-order valence-corrected chi connectivity index (χ4v) is 5.27. The highest BCUT2D eigenvalue weighted by Crippen LogP contribution is 2.30. The van der Waals surface area contributed by atoms with Crippen LogP contribution < -0.4 is 5.43 Å². The molecular formula is C23H21N3O4S. The molecule has 0 heterocycles. The third-order valence-electron chi connectivity index (χ3n) is 5.33. The molecule has 0 radical (unpaired) electrons. The maximum absolute atomic E-state index is 12.8.